The van der Waals surface area contributed by atoms with Crippen molar-refractivity contribution in [3.63, 3.8) is 0 Å². The van der Waals surface area contributed by atoms with Crippen molar-refractivity contribution in [1.82, 2.24) is 0 Å². The molecule has 2 aromatic rings. The molecule has 0 aliphatic rings. The van der Waals surface area contributed by atoms with E-state index in [2.05, 4.69) is 0 Å². The molecule has 1 amide bonds. The Balaban J connectivity index is 2.69. The molecule has 0 aliphatic carbocycles. The van der Waals surface area contributed by atoms with E-state index in [1.807, 2.05) is 0 Å². The Hall–Kier alpha value is -2.33. The first-order chi connectivity index (χ1) is 9.37. The van der Waals surface area contributed by atoms with Crippen molar-refractivity contribution in [3.8, 4) is 5.75 Å². The van der Waals surface area contributed by atoms with Crippen LogP contribution in [-0.2, 0) is 10.4 Å². The number of phenols is 1. The summed E-state index contributed by atoms with van der Waals surface area (Å²) < 4.78 is 0. The summed E-state index contributed by atoms with van der Waals surface area (Å²) >= 11 is 0. The van der Waals surface area contributed by atoms with Gasteiger partial charge in [0.05, 0.1) is 0 Å². The Morgan fingerprint density at radius 3 is 2.00 bits per heavy atom. The molecule has 0 bridgehead atoms. The topological polar surface area (TPSA) is 83.5 Å². The SMILES string of the molecule is Cc1cc(C(O)(C(N)=O)c2ccccc2)cc(C)c1O. The third-order valence-electron chi connectivity index (χ3n) is 3.46. The molecule has 0 radical (unpaired) electrons. The second-order valence-corrected chi connectivity index (χ2v) is 4.90. The summed E-state index contributed by atoms with van der Waals surface area (Å²) in [6, 6.07) is 11.7. The van der Waals surface area contributed by atoms with E-state index in [1.54, 1.807) is 56.3 Å². The van der Waals surface area contributed by atoms with Crippen molar-refractivity contribution in [2.45, 2.75) is 19.4 Å². The smallest absolute Gasteiger partial charge is 0.258 e. The van der Waals surface area contributed by atoms with Gasteiger partial charge in [-0.3, -0.25) is 4.79 Å². The normalized spacial score (nSPS) is 13.8. The lowest BCUT2D eigenvalue weighted by molar-refractivity contribution is -0.133. The highest BCUT2D eigenvalue weighted by molar-refractivity contribution is 5.88. The van der Waals surface area contributed by atoms with Crippen LogP contribution in [-0.4, -0.2) is 16.1 Å². The van der Waals surface area contributed by atoms with E-state index in [-0.39, 0.29) is 5.75 Å². The molecule has 2 rings (SSSR count). The number of aryl methyl sites for hydroxylation is 2. The Labute approximate surface area is 117 Å². The summed E-state index contributed by atoms with van der Waals surface area (Å²) in [7, 11) is 0. The summed E-state index contributed by atoms with van der Waals surface area (Å²) in [4.78, 5) is 11.8. The first kappa shape index (κ1) is 14.1. The molecule has 4 N–H and O–H groups in total. The molecule has 0 heterocycles. The van der Waals surface area contributed by atoms with Crippen LogP contribution >= 0.6 is 0 Å². The lowest BCUT2D eigenvalue weighted by Gasteiger charge is -2.26. The summed E-state index contributed by atoms with van der Waals surface area (Å²) in [5.41, 5.74) is 5.42. The molecule has 0 fully saturated rings. The van der Waals surface area contributed by atoms with Gasteiger partial charge in [0, 0.05) is 0 Å². The monoisotopic (exact) mass is 271 g/mol. The average molecular weight is 271 g/mol. The minimum Gasteiger partial charge on any atom is -0.507 e. The van der Waals surface area contributed by atoms with Crippen molar-refractivity contribution in [2.24, 2.45) is 5.73 Å². The van der Waals surface area contributed by atoms with Gasteiger partial charge in [0.25, 0.3) is 5.91 Å². The molecule has 0 spiro atoms. The first-order valence-electron chi connectivity index (χ1n) is 6.26. The van der Waals surface area contributed by atoms with Gasteiger partial charge in [-0.25, -0.2) is 0 Å². The van der Waals surface area contributed by atoms with E-state index in [4.69, 9.17) is 5.73 Å². The minimum atomic E-state index is -1.91. The van der Waals surface area contributed by atoms with Gasteiger partial charge in [0.2, 0.25) is 0 Å². The molecule has 1 atom stereocenters. The predicted octanol–water partition coefficient (Wildman–Crippen LogP) is 1.73. The van der Waals surface area contributed by atoms with Crippen LogP contribution in [0, 0.1) is 13.8 Å². The zero-order chi connectivity index (χ0) is 14.9. The van der Waals surface area contributed by atoms with Crippen LogP contribution in [0.25, 0.3) is 0 Å². The molecule has 1 unspecified atom stereocenters. The van der Waals surface area contributed by atoms with Gasteiger partial charge in [-0.1, -0.05) is 30.3 Å². The number of rotatable bonds is 3. The van der Waals surface area contributed by atoms with Gasteiger partial charge in [0.1, 0.15) is 5.75 Å². The lowest BCUT2D eigenvalue weighted by atomic mass is 9.84. The number of benzene rings is 2. The number of hydrogen-bond donors (Lipinski definition) is 3. The quantitative estimate of drug-likeness (QED) is 0.795. The predicted molar refractivity (Wildman–Crippen MR) is 76.2 cm³/mol. The van der Waals surface area contributed by atoms with Gasteiger partial charge in [-0.15, -0.1) is 0 Å². The van der Waals surface area contributed by atoms with Crippen LogP contribution < -0.4 is 5.73 Å². The van der Waals surface area contributed by atoms with Gasteiger partial charge >= 0.3 is 0 Å². The maximum Gasteiger partial charge on any atom is 0.258 e. The Kier molecular flexibility index (Phi) is 3.51. The summed E-state index contributed by atoms with van der Waals surface area (Å²) in [5, 5.41) is 20.6. The van der Waals surface area contributed by atoms with Crippen molar-refractivity contribution in [2.75, 3.05) is 0 Å². The first-order valence-corrected chi connectivity index (χ1v) is 6.26. The summed E-state index contributed by atoms with van der Waals surface area (Å²) in [6.07, 6.45) is 0. The number of hydrogen-bond acceptors (Lipinski definition) is 3. The molecule has 4 nitrogen and oxygen atoms in total. The summed E-state index contributed by atoms with van der Waals surface area (Å²) in [5.74, 6) is -0.707. The lowest BCUT2D eigenvalue weighted by Crippen LogP contribution is -2.42. The molecule has 0 aromatic heterocycles. The standard InChI is InChI=1S/C16H17NO3/c1-10-8-13(9-11(2)14(10)18)16(20,15(17)19)12-6-4-3-5-7-12/h3-9,18,20H,1-2H3,(H2,17,19). The third-order valence-corrected chi connectivity index (χ3v) is 3.46. The van der Waals surface area contributed by atoms with Crippen molar-refractivity contribution in [1.29, 1.82) is 0 Å². The summed E-state index contributed by atoms with van der Waals surface area (Å²) in [6.45, 7) is 3.41. The molecule has 20 heavy (non-hydrogen) atoms. The van der Waals surface area contributed by atoms with Crippen LogP contribution in [0.4, 0.5) is 0 Å². The number of phenolic OH excluding ortho intramolecular Hbond substituents is 1. The maximum atomic E-state index is 11.8. The number of aliphatic hydroxyl groups is 1. The largest absolute Gasteiger partial charge is 0.507 e. The highest BCUT2D eigenvalue weighted by atomic mass is 16.3. The van der Waals surface area contributed by atoms with E-state index < -0.39 is 11.5 Å². The number of amides is 1. The van der Waals surface area contributed by atoms with E-state index in [9.17, 15) is 15.0 Å². The molecular weight excluding hydrogens is 254 g/mol. The number of aromatic hydroxyl groups is 1. The fourth-order valence-electron chi connectivity index (χ4n) is 2.30. The van der Waals surface area contributed by atoms with Crippen LogP contribution in [0.5, 0.6) is 5.75 Å². The fraction of sp³-hybridized carbons (Fsp3) is 0.188. The molecule has 4 heteroatoms. The van der Waals surface area contributed by atoms with Crippen LogP contribution in [0.1, 0.15) is 22.3 Å². The third kappa shape index (κ3) is 2.14. The Bertz CT molecular complexity index is 629. The second-order valence-electron chi connectivity index (χ2n) is 4.90. The van der Waals surface area contributed by atoms with E-state index in [0.29, 0.717) is 22.3 Å². The number of nitrogens with two attached hydrogens (primary N) is 1. The van der Waals surface area contributed by atoms with Crippen molar-refractivity contribution >= 4 is 5.91 Å². The molecule has 2 aromatic carbocycles. The highest BCUT2D eigenvalue weighted by Gasteiger charge is 2.38. The van der Waals surface area contributed by atoms with E-state index >= 15 is 0 Å². The van der Waals surface area contributed by atoms with Crippen LogP contribution in [0.3, 0.4) is 0 Å². The zero-order valence-corrected chi connectivity index (χ0v) is 11.4. The Morgan fingerprint density at radius 1 is 1.05 bits per heavy atom. The maximum absolute atomic E-state index is 11.8. The van der Waals surface area contributed by atoms with Crippen molar-refractivity contribution in [3.05, 3.63) is 64.7 Å². The average Bonchev–Trinajstić information content (AvgIpc) is 2.44. The zero-order valence-electron chi connectivity index (χ0n) is 11.4. The molecule has 0 saturated carbocycles. The van der Waals surface area contributed by atoms with Gasteiger partial charge in [-0.05, 0) is 48.2 Å². The number of carbonyl (C=O) groups excluding carboxylic acids is 1. The minimum absolute atomic E-state index is 0.147. The fourth-order valence-corrected chi connectivity index (χ4v) is 2.30. The molecule has 0 aliphatic heterocycles. The van der Waals surface area contributed by atoms with E-state index in [1.165, 1.54) is 0 Å². The van der Waals surface area contributed by atoms with E-state index in [0.717, 1.165) is 0 Å². The Morgan fingerprint density at radius 2 is 1.55 bits per heavy atom. The van der Waals surface area contributed by atoms with Crippen molar-refractivity contribution < 1.29 is 15.0 Å². The highest BCUT2D eigenvalue weighted by Crippen LogP contribution is 2.33. The van der Waals surface area contributed by atoms with Gasteiger partial charge in [-0.2, -0.15) is 0 Å². The van der Waals surface area contributed by atoms with Crippen LogP contribution in [0.2, 0.25) is 0 Å². The molecule has 0 saturated heterocycles. The number of carbonyl (C=O) groups is 1. The molecular formula is C16H17NO3. The van der Waals surface area contributed by atoms with Gasteiger partial charge in [0.15, 0.2) is 5.60 Å². The van der Waals surface area contributed by atoms with Gasteiger partial charge < -0.3 is 15.9 Å². The molecule has 104 valence electrons. The second kappa shape index (κ2) is 4.98. The van der Waals surface area contributed by atoms with Crippen LogP contribution in [0.15, 0.2) is 42.5 Å². The number of primary amides is 1.